The van der Waals surface area contributed by atoms with Gasteiger partial charge in [0.15, 0.2) is 0 Å². The Labute approximate surface area is 102 Å². The van der Waals surface area contributed by atoms with E-state index in [1.165, 1.54) is 0 Å². The summed E-state index contributed by atoms with van der Waals surface area (Å²) >= 11 is 0. The van der Waals surface area contributed by atoms with Crippen molar-refractivity contribution in [1.82, 2.24) is 0 Å². The van der Waals surface area contributed by atoms with Crippen LogP contribution in [-0.2, 0) is 4.74 Å². The van der Waals surface area contributed by atoms with Crippen molar-refractivity contribution < 1.29 is 4.74 Å². The first kappa shape index (κ1) is 20.2. The lowest BCUT2D eigenvalue weighted by Crippen LogP contribution is -1.92. The summed E-state index contributed by atoms with van der Waals surface area (Å²) in [5.41, 5.74) is 1.06. The van der Waals surface area contributed by atoms with E-state index in [-0.39, 0.29) is 0 Å². The molecule has 0 bridgehead atoms. The Hall–Kier alpha value is -1.24. The van der Waals surface area contributed by atoms with E-state index in [0.29, 0.717) is 6.61 Å². The van der Waals surface area contributed by atoms with E-state index in [1.807, 2.05) is 53.7 Å². The van der Waals surface area contributed by atoms with Gasteiger partial charge in [-0.3, -0.25) is 0 Å². The highest BCUT2D eigenvalue weighted by Crippen LogP contribution is 2.10. The van der Waals surface area contributed by atoms with Gasteiger partial charge in [-0.15, -0.1) is 0 Å². The molecular formula is C15H28O. The fourth-order valence-corrected chi connectivity index (χ4v) is 0.815. The molecule has 0 aliphatic carbocycles. The summed E-state index contributed by atoms with van der Waals surface area (Å²) in [6.45, 7) is 19.8. The van der Waals surface area contributed by atoms with Crippen LogP contribution in [0.15, 0.2) is 48.8 Å². The molecule has 0 radical (unpaired) electrons. The Morgan fingerprint density at radius 1 is 1.00 bits per heavy atom. The smallest absolute Gasteiger partial charge is 0.122 e. The molecule has 0 saturated heterocycles. The van der Waals surface area contributed by atoms with Crippen LogP contribution in [0, 0.1) is 0 Å². The van der Waals surface area contributed by atoms with Crippen LogP contribution in [0.1, 0.15) is 41.5 Å². The maximum absolute atomic E-state index is 5.37. The van der Waals surface area contributed by atoms with Gasteiger partial charge in [0.1, 0.15) is 5.76 Å². The molecule has 0 aromatic rings. The monoisotopic (exact) mass is 224 g/mol. The van der Waals surface area contributed by atoms with Gasteiger partial charge in [-0.05, 0) is 25.5 Å². The molecule has 0 unspecified atom stereocenters. The fraction of sp³-hybridized carbons (Fsp3) is 0.467. The lowest BCUT2D eigenvalue weighted by molar-refractivity contribution is 0.238. The van der Waals surface area contributed by atoms with Gasteiger partial charge in [0.2, 0.25) is 0 Å². The molecule has 0 aliphatic heterocycles. The van der Waals surface area contributed by atoms with E-state index >= 15 is 0 Å². The summed E-state index contributed by atoms with van der Waals surface area (Å²) in [4.78, 5) is 0. The fourth-order valence-electron chi connectivity index (χ4n) is 0.815. The summed E-state index contributed by atoms with van der Waals surface area (Å²) in [6, 6.07) is 0. The van der Waals surface area contributed by atoms with Crippen molar-refractivity contribution >= 4 is 0 Å². The van der Waals surface area contributed by atoms with Crippen molar-refractivity contribution in [1.29, 1.82) is 0 Å². The molecular weight excluding hydrogens is 196 g/mol. The molecule has 0 saturated carbocycles. The van der Waals surface area contributed by atoms with Crippen LogP contribution in [0.25, 0.3) is 0 Å². The molecule has 0 rings (SSSR count). The van der Waals surface area contributed by atoms with Gasteiger partial charge in [-0.2, -0.15) is 0 Å². The molecule has 0 amide bonds. The van der Waals surface area contributed by atoms with E-state index in [2.05, 4.69) is 13.2 Å². The lowest BCUT2D eigenvalue weighted by Gasteiger charge is -2.07. The molecule has 0 atom stereocenters. The standard InChI is InChI=1S/C11H16O.2C2H6/c1-5-8-10(4)11(9-6-2)12-7-3;2*1-2/h5-6,8-9H,1-2,7H2,3-4H3;2*1-2H3/b10-8-,11-9+;;. The molecule has 1 nitrogen and oxygen atoms in total. The van der Waals surface area contributed by atoms with Crippen LogP contribution < -0.4 is 0 Å². The number of rotatable bonds is 5. The summed E-state index contributed by atoms with van der Waals surface area (Å²) in [7, 11) is 0. The zero-order valence-corrected chi connectivity index (χ0v) is 11.8. The second kappa shape index (κ2) is 19.4. The van der Waals surface area contributed by atoms with Gasteiger partial charge < -0.3 is 4.74 Å². The van der Waals surface area contributed by atoms with Crippen molar-refractivity contribution in [2.24, 2.45) is 0 Å². The summed E-state index contributed by atoms with van der Waals surface area (Å²) in [5, 5.41) is 0. The highest BCUT2D eigenvalue weighted by Gasteiger charge is 1.96. The number of hydrogen-bond donors (Lipinski definition) is 0. The third kappa shape index (κ3) is 12.8. The largest absolute Gasteiger partial charge is 0.494 e. The lowest BCUT2D eigenvalue weighted by atomic mass is 10.2. The van der Waals surface area contributed by atoms with Crippen LogP contribution >= 0.6 is 0 Å². The molecule has 16 heavy (non-hydrogen) atoms. The zero-order chi connectivity index (χ0) is 13.4. The minimum absolute atomic E-state index is 0.669. The van der Waals surface area contributed by atoms with E-state index in [1.54, 1.807) is 12.2 Å². The Morgan fingerprint density at radius 2 is 1.44 bits per heavy atom. The predicted molar refractivity (Wildman–Crippen MR) is 76.6 cm³/mol. The van der Waals surface area contributed by atoms with Crippen molar-refractivity contribution in [3.05, 3.63) is 48.8 Å². The topological polar surface area (TPSA) is 9.23 Å². The number of ether oxygens (including phenoxy) is 1. The molecule has 1 heteroatoms. The van der Waals surface area contributed by atoms with Crippen LogP contribution in [0.5, 0.6) is 0 Å². The summed E-state index contributed by atoms with van der Waals surface area (Å²) in [5.74, 6) is 0.854. The molecule has 0 aromatic heterocycles. The SMILES string of the molecule is C=C/C=C(C)\C(=C/C=C)OCC.CC.CC. The van der Waals surface area contributed by atoms with Gasteiger partial charge in [-0.25, -0.2) is 0 Å². The first-order valence-corrected chi connectivity index (χ1v) is 6.01. The van der Waals surface area contributed by atoms with E-state index < -0.39 is 0 Å². The molecule has 0 aliphatic rings. The Balaban J connectivity index is -0.000000376. The minimum Gasteiger partial charge on any atom is -0.494 e. The number of allylic oxidation sites excluding steroid dienone is 5. The third-order valence-corrected chi connectivity index (χ3v) is 1.33. The molecule has 0 N–H and O–H groups in total. The molecule has 0 heterocycles. The Kier molecular flexibility index (Phi) is 24.4. The van der Waals surface area contributed by atoms with Crippen LogP contribution in [0.4, 0.5) is 0 Å². The second-order valence-electron chi connectivity index (χ2n) is 2.29. The molecule has 94 valence electrons. The third-order valence-electron chi connectivity index (χ3n) is 1.33. The van der Waals surface area contributed by atoms with E-state index in [4.69, 9.17) is 4.74 Å². The highest BCUT2D eigenvalue weighted by atomic mass is 16.5. The Morgan fingerprint density at radius 3 is 1.75 bits per heavy atom. The normalized spacial score (nSPS) is 10.1. The zero-order valence-electron chi connectivity index (χ0n) is 11.8. The average Bonchev–Trinajstić information content (AvgIpc) is 2.34. The average molecular weight is 224 g/mol. The minimum atomic E-state index is 0.669. The first-order valence-electron chi connectivity index (χ1n) is 6.01. The quantitative estimate of drug-likeness (QED) is 0.456. The molecule has 0 aromatic carbocycles. The van der Waals surface area contributed by atoms with Crippen molar-refractivity contribution in [2.45, 2.75) is 41.5 Å². The highest BCUT2D eigenvalue weighted by molar-refractivity contribution is 5.29. The van der Waals surface area contributed by atoms with E-state index in [9.17, 15) is 0 Å². The second-order valence-corrected chi connectivity index (χ2v) is 2.29. The van der Waals surface area contributed by atoms with Gasteiger partial charge in [0.25, 0.3) is 0 Å². The Bertz CT molecular complexity index is 209. The van der Waals surface area contributed by atoms with Crippen molar-refractivity contribution in [3.63, 3.8) is 0 Å². The van der Waals surface area contributed by atoms with Gasteiger partial charge in [0, 0.05) is 0 Å². The van der Waals surface area contributed by atoms with Gasteiger partial charge in [-0.1, -0.05) is 59.1 Å². The molecule has 0 spiro atoms. The van der Waals surface area contributed by atoms with Crippen molar-refractivity contribution in [3.8, 4) is 0 Å². The van der Waals surface area contributed by atoms with E-state index in [0.717, 1.165) is 11.3 Å². The van der Waals surface area contributed by atoms with Gasteiger partial charge >= 0.3 is 0 Å². The predicted octanol–water partition coefficient (Wildman–Crippen LogP) is 5.28. The van der Waals surface area contributed by atoms with Crippen LogP contribution in [0.3, 0.4) is 0 Å². The maximum atomic E-state index is 5.37. The van der Waals surface area contributed by atoms with Gasteiger partial charge in [0.05, 0.1) is 6.61 Å². The van der Waals surface area contributed by atoms with Crippen molar-refractivity contribution in [2.75, 3.05) is 6.61 Å². The maximum Gasteiger partial charge on any atom is 0.122 e. The van der Waals surface area contributed by atoms with Crippen LogP contribution in [0.2, 0.25) is 0 Å². The first-order chi connectivity index (χ1) is 7.76. The molecule has 0 fully saturated rings. The van der Waals surface area contributed by atoms with Crippen LogP contribution in [-0.4, -0.2) is 6.61 Å². The number of hydrogen-bond acceptors (Lipinski definition) is 1. The summed E-state index contributed by atoms with van der Waals surface area (Å²) in [6.07, 6.45) is 7.21. The summed E-state index contributed by atoms with van der Waals surface area (Å²) < 4.78 is 5.37.